The number of likely N-dealkylation sites (N-methyl/N-ethyl adjacent to an activating group) is 1. The number of rotatable bonds is 6. The molecule has 2 saturated heterocycles. The van der Waals surface area contributed by atoms with E-state index in [0.717, 1.165) is 31.3 Å². The van der Waals surface area contributed by atoms with Crippen LogP contribution in [0.4, 0.5) is 11.6 Å². The van der Waals surface area contributed by atoms with Crippen molar-refractivity contribution in [3.8, 4) is 11.1 Å². The first-order valence-electron chi connectivity index (χ1n) is 16.6. The average Bonchev–Trinajstić information content (AvgIpc) is 3.45. The first kappa shape index (κ1) is 21.9. The molecule has 1 N–H and O–H groups in total. The summed E-state index contributed by atoms with van der Waals surface area (Å²) in [6.45, 7) is -1.52. The summed E-state index contributed by atoms with van der Waals surface area (Å²) in [5.74, 6) is 0.304. The molecule has 216 valence electrons. The number of benzene rings is 3. The highest BCUT2D eigenvalue weighted by Crippen LogP contribution is 2.45. The molecule has 8 nitrogen and oxygen atoms in total. The van der Waals surface area contributed by atoms with E-state index in [1.165, 1.54) is 4.90 Å². The molecule has 0 aliphatic carbocycles. The molecule has 0 radical (unpaired) electrons. The number of hydrogen-bond acceptors (Lipinski definition) is 8. The van der Waals surface area contributed by atoms with Crippen molar-refractivity contribution >= 4 is 60.0 Å². The molecule has 2 aliphatic heterocycles. The van der Waals surface area contributed by atoms with Gasteiger partial charge < -0.3 is 24.3 Å². The van der Waals surface area contributed by atoms with Gasteiger partial charge in [-0.2, -0.15) is 0 Å². The smallest absolute Gasteiger partial charge is 0.238 e. The van der Waals surface area contributed by atoms with Crippen molar-refractivity contribution in [3.63, 3.8) is 0 Å². The molecule has 5 aromatic rings. The van der Waals surface area contributed by atoms with Crippen molar-refractivity contribution < 1.29 is 20.8 Å². The van der Waals surface area contributed by atoms with E-state index in [0.29, 0.717) is 61.9 Å². The van der Waals surface area contributed by atoms with Gasteiger partial charge in [-0.1, -0.05) is 43.3 Å². The number of fused-ring (bicyclic) bond motifs is 4. The molecule has 7 rings (SSSR count). The lowest BCUT2D eigenvalue weighted by atomic mass is 9.99. The Morgan fingerprint density at radius 3 is 2.57 bits per heavy atom. The van der Waals surface area contributed by atoms with Crippen LogP contribution < -0.4 is 15.6 Å². The number of anilines is 2. The summed E-state index contributed by atoms with van der Waals surface area (Å²) in [6, 6.07) is 19.0. The molecule has 0 bridgehead atoms. The maximum Gasteiger partial charge on any atom is 0.238 e. The number of amides is 1. The van der Waals surface area contributed by atoms with Crippen LogP contribution >= 0.6 is 11.3 Å². The number of para-hydroxylation sites is 1. The molecular formula is C33H34N4O4S. The van der Waals surface area contributed by atoms with Gasteiger partial charge in [0.2, 0.25) is 5.91 Å². The van der Waals surface area contributed by atoms with Crippen LogP contribution in [0.25, 0.3) is 42.3 Å². The summed E-state index contributed by atoms with van der Waals surface area (Å²) in [7, 11) is 0. The van der Waals surface area contributed by atoms with Gasteiger partial charge in [0, 0.05) is 83.5 Å². The van der Waals surface area contributed by atoms with E-state index < -0.39 is 13.3 Å². The normalized spacial score (nSPS) is 19.3. The largest absolute Gasteiger partial charge is 0.440 e. The van der Waals surface area contributed by atoms with E-state index in [1.807, 2.05) is 58.3 Å². The highest BCUT2D eigenvalue weighted by Gasteiger charge is 2.22. The minimum Gasteiger partial charge on any atom is -0.440 e. The molecule has 0 saturated carbocycles. The molecule has 42 heavy (non-hydrogen) atoms. The summed E-state index contributed by atoms with van der Waals surface area (Å²) < 4.78 is 52.7. The minimum absolute atomic E-state index is 0.0920. The first-order valence-corrected chi connectivity index (χ1v) is 14.9. The van der Waals surface area contributed by atoms with Gasteiger partial charge >= 0.3 is 0 Å². The predicted molar refractivity (Wildman–Crippen MR) is 171 cm³/mol. The van der Waals surface area contributed by atoms with Crippen molar-refractivity contribution in [1.82, 2.24) is 9.80 Å². The molecule has 1 amide bonds. The molecule has 9 heteroatoms. The fourth-order valence-corrected chi connectivity index (χ4v) is 7.13. The topological polar surface area (TPSA) is 78.3 Å². The van der Waals surface area contributed by atoms with Crippen LogP contribution in [-0.4, -0.2) is 81.2 Å². The number of ether oxygens (including phenoxy) is 1. The van der Waals surface area contributed by atoms with E-state index >= 15 is 0 Å². The maximum absolute atomic E-state index is 13.4. The van der Waals surface area contributed by atoms with Crippen molar-refractivity contribution in [2.45, 2.75) is 6.85 Å². The third kappa shape index (κ3) is 5.07. The summed E-state index contributed by atoms with van der Waals surface area (Å²) >= 11 is 1.61. The van der Waals surface area contributed by atoms with E-state index in [2.05, 4.69) is 5.32 Å². The van der Waals surface area contributed by atoms with E-state index in [4.69, 9.17) is 16.0 Å². The Hall–Kier alpha value is -3.76. The van der Waals surface area contributed by atoms with E-state index in [1.54, 1.807) is 23.5 Å². The number of carbonyl (C=O) groups is 1. The Morgan fingerprint density at radius 2 is 1.74 bits per heavy atom. The quantitative estimate of drug-likeness (QED) is 0.291. The first-order chi connectivity index (χ1) is 22.5. The maximum atomic E-state index is 13.4. The number of piperazine rings is 1. The zero-order valence-corrected chi connectivity index (χ0v) is 23.8. The van der Waals surface area contributed by atoms with Crippen molar-refractivity contribution in [2.24, 2.45) is 0 Å². The van der Waals surface area contributed by atoms with Gasteiger partial charge in [0.1, 0.15) is 5.58 Å². The zero-order chi connectivity index (χ0) is 32.9. The molecule has 2 aliphatic rings. The van der Waals surface area contributed by atoms with Gasteiger partial charge in [-0.15, -0.1) is 11.3 Å². The SMILES string of the molecule is [2H]C([2H])([2H])C([2H])([2H])N1CCN(CC(=O)Nc2ccc(-c3cccc4c(=O)cc(N5CCOCC5)oc34)c3sc4ccccc4c23)CC1. The van der Waals surface area contributed by atoms with Gasteiger partial charge in [-0.25, -0.2) is 0 Å². The Bertz CT molecular complexity index is 2030. The van der Waals surface area contributed by atoms with Crippen LogP contribution in [0.5, 0.6) is 0 Å². The van der Waals surface area contributed by atoms with E-state index in [9.17, 15) is 9.59 Å². The standard InChI is InChI=1S/C33H34N4O4S/c1-2-35-12-14-36(15-13-35)21-29(39)34-26-11-10-23(33-31(26)25-6-3-4-9-28(25)42-33)22-7-5-8-24-27(38)20-30(41-32(22)24)37-16-18-40-19-17-37/h3-11,20H,2,12-19,21H2,1H3,(H,34,39)/i1D3,2D2. The monoisotopic (exact) mass is 587 g/mol. The second kappa shape index (κ2) is 11.5. The molecule has 4 heterocycles. The number of nitrogens with one attached hydrogen (secondary N) is 1. The zero-order valence-electron chi connectivity index (χ0n) is 28.0. The fraction of sp³-hybridized carbons (Fsp3) is 0.333. The van der Waals surface area contributed by atoms with Crippen LogP contribution in [-0.2, 0) is 9.53 Å². The minimum atomic E-state index is -2.75. The highest BCUT2D eigenvalue weighted by molar-refractivity contribution is 7.26. The van der Waals surface area contributed by atoms with Gasteiger partial charge in [0.25, 0.3) is 0 Å². The fourth-order valence-electron chi connectivity index (χ4n) is 5.87. The summed E-state index contributed by atoms with van der Waals surface area (Å²) in [6.07, 6.45) is 0. The predicted octanol–water partition coefficient (Wildman–Crippen LogP) is 5.24. The summed E-state index contributed by atoms with van der Waals surface area (Å²) in [5.41, 5.74) is 2.76. The van der Waals surface area contributed by atoms with Gasteiger partial charge in [-0.3, -0.25) is 14.5 Å². The number of morpholine rings is 1. The molecule has 2 fully saturated rings. The van der Waals surface area contributed by atoms with Crippen LogP contribution in [0.2, 0.25) is 0 Å². The third-order valence-corrected chi connectivity index (χ3v) is 9.26. The Balaban J connectivity index is 1.21. The van der Waals surface area contributed by atoms with Crippen molar-refractivity contribution in [2.75, 3.05) is 75.7 Å². The molecule has 0 unspecified atom stereocenters. The van der Waals surface area contributed by atoms with Gasteiger partial charge in [0.15, 0.2) is 11.3 Å². The van der Waals surface area contributed by atoms with Crippen molar-refractivity contribution in [3.05, 3.63) is 70.9 Å². The molecule has 0 atom stereocenters. The number of hydrogen-bond donors (Lipinski definition) is 1. The molecular weight excluding hydrogens is 548 g/mol. The number of carbonyl (C=O) groups excluding carboxylic acids is 1. The van der Waals surface area contributed by atoms with Gasteiger partial charge in [-0.05, 0) is 24.7 Å². The average molecular weight is 588 g/mol. The summed E-state index contributed by atoms with van der Waals surface area (Å²) in [5, 5.41) is 5.51. The Morgan fingerprint density at radius 1 is 0.952 bits per heavy atom. The second-order valence-electron chi connectivity index (χ2n) is 10.6. The third-order valence-electron chi connectivity index (χ3n) is 8.05. The van der Waals surface area contributed by atoms with Gasteiger partial charge in [0.05, 0.1) is 30.8 Å². The molecule has 0 spiro atoms. The highest BCUT2D eigenvalue weighted by atomic mass is 32.1. The lowest BCUT2D eigenvalue weighted by Gasteiger charge is -2.33. The van der Waals surface area contributed by atoms with E-state index in [-0.39, 0.29) is 31.0 Å². The van der Waals surface area contributed by atoms with Crippen LogP contribution in [0, 0.1) is 0 Å². The Kier molecular flexibility index (Phi) is 5.98. The second-order valence-corrected chi connectivity index (χ2v) is 11.7. The number of nitrogens with zero attached hydrogens (tertiary/aromatic N) is 3. The van der Waals surface area contributed by atoms with Crippen LogP contribution in [0.3, 0.4) is 0 Å². The molecule has 3 aromatic carbocycles. The summed E-state index contributed by atoms with van der Waals surface area (Å²) in [4.78, 5) is 31.9. The lowest BCUT2D eigenvalue weighted by molar-refractivity contribution is -0.117. The van der Waals surface area contributed by atoms with Crippen molar-refractivity contribution in [1.29, 1.82) is 0 Å². The number of thiophene rings is 1. The Labute approximate surface area is 255 Å². The van der Waals surface area contributed by atoms with Crippen LogP contribution in [0.15, 0.2) is 69.9 Å². The lowest BCUT2D eigenvalue weighted by Crippen LogP contribution is -2.48. The molecule has 2 aromatic heterocycles. The van der Waals surface area contributed by atoms with Crippen LogP contribution in [0.1, 0.15) is 13.7 Å².